The number of benzene rings is 2. The van der Waals surface area contributed by atoms with Crippen LogP contribution in [0.1, 0.15) is 5.69 Å². The Balaban J connectivity index is 1.49. The van der Waals surface area contributed by atoms with E-state index in [2.05, 4.69) is 15.8 Å². The summed E-state index contributed by atoms with van der Waals surface area (Å²) in [6.07, 6.45) is 0.0235. The fourth-order valence-electron chi connectivity index (χ4n) is 2.28. The lowest BCUT2D eigenvalue weighted by atomic mass is 10.1. The van der Waals surface area contributed by atoms with Gasteiger partial charge in [-0.05, 0) is 36.4 Å². The molecule has 3 aromatic rings. The van der Waals surface area contributed by atoms with E-state index in [4.69, 9.17) is 16.1 Å². The molecule has 1 aromatic heterocycles. The standard InChI is InChI=1S/C19H16ClN3O3/c20-14-8-6-13(7-9-14)17-10-16(23-26-17)11-18(24)21-12-19(25)22-15-4-2-1-3-5-15/h1-10H,11-12H2,(H,21,24)(H,22,25). The molecule has 0 aliphatic heterocycles. The first-order valence-corrected chi connectivity index (χ1v) is 8.31. The second kappa shape index (κ2) is 8.31. The van der Waals surface area contributed by atoms with Crippen LogP contribution in [0.3, 0.4) is 0 Å². The van der Waals surface area contributed by atoms with Gasteiger partial charge in [-0.15, -0.1) is 0 Å². The van der Waals surface area contributed by atoms with Gasteiger partial charge in [-0.1, -0.05) is 35.0 Å². The Morgan fingerprint density at radius 1 is 1.00 bits per heavy atom. The van der Waals surface area contributed by atoms with Gasteiger partial charge in [0.05, 0.1) is 18.7 Å². The van der Waals surface area contributed by atoms with Gasteiger partial charge in [0, 0.05) is 22.3 Å². The Morgan fingerprint density at radius 2 is 1.73 bits per heavy atom. The Hall–Kier alpha value is -3.12. The molecule has 26 heavy (non-hydrogen) atoms. The molecule has 0 radical (unpaired) electrons. The monoisotopic (exact) mass is 369 g/mol. The van der Waals surface area contributed by atoms with Gasteiger partial charge in [0.2, 0.25) is 11.8 Å². The molecule has 6 nitrogen and oxygen atoms in total. The van der Waals surface area contributed by atoms with Gasteiger partial charge in [0.1, 0.15) is 0 Å². The lowest BCUT2D eigenvalue weighted by Gasteiger charge is -2.06. The molecule has 7 heteroatoms. The third-order valence-corrected chi connectivity index (χ3v) is 3.79. The van der Waals surface area contributed by atoms with Crippen molar-refractivity contribution in [3.63, 3.8) is 0 Å². The van der Waals surface area contributed by atoms with E-state index in [0.29, 0.717) is 22.2 Å². The second-order valence-electron chi connectivity index (χ2n) is 5.56. The molecular weight excluding hydrogens is 354 g/mol. The number of aromatic nitrogens is 1. The van der Waals surface area contributed by atoms with Gasteiger partial charge >= 0.3 is 0 Å². The van der Waals surface area contributed by atoms with Crippen molar-refractivity contribution in [2.75, 3.05) is 11.9 Å². The molecule has 0 saturated carbocycles. The normalized spacial score (nSPS) is 10.3. The van der Waals surface area contributed by atoms with Crippen molar-refractivity contribution >= 4 is 29.1 Å². The highest BCUT2D eigenvalue weighted by Crippen LogP contribution is 2.22. The van der Waals surface area contributed by atoms with Crippen molar-refractivity contribution in [3.8, 4) is 11.3 Å². The van der Waals surface area contributed by atoms with E-state index in [9.17, 15) is 9.59 Å². The molecule has 2 amide bonds. The fraction of sp³-hybridized carbons (Fsp3) is 0.105. The average molecular weight is 370 g/mol. The molecule has 3 rings (SSSR count). The zero-order valence-electron chi connectivity index (χ0n) is 13.7. The van der Waals surface area contributed by atoms with Crippen LogP contribution in [-0.4, -0.2) is 23.5 Å². The van der Waals surface area contributed by atoms with Crippen LogP contribution in [0.25, 0.3) is 11.3 Å². The molecule has 2 aromatic carbocycles. The Labute approximate surface area is 155 Å². The highest BCUT2D eigenvalue weighted by Gasteiger charge is 2.12. The van der Waals surface area contributed by atoms with E-state index in [1.165, 1.54) is 0 Å². The summed E-state index contributed by atoms with van der Waals surface area (Å²) >= 11 is 5.85. The number of anilines is 1. The minimum Gasteiger partial charge on any atom is -0.356 e. The van der Waals surface area contributed by atoms with Crippen molar-refractivity contribution in [1.82, 2.24) is 10.5 Å². The first kappa shape index (κ1) is 17.7. The van der Waals surface area contributed by atoms with Crippen molar-refractivity contribution in [1.29, 1.82) is 0 Å². The first-order valence-electron chi connectivity index (χ1n) is 7.93. The molecule has 0 fully saturated rings. The SMILES string of the molecule is O=C(Cc1cc(-c2ccc(Cl)cc2)on1)NCC(=O)Nc1ccccc1. The molecule has 2 N–H and O–H groups in total. The number of carbonyl (C=O) groups is 2. The van der Waals surface area contributed by atoms with Crippen LogP contribution in [0.4, 0.5) is 5.69 Å². The molecule has 0 bridgehead atoms. The third kappa shape index (κ3) is 4.94. The number of rotatable bonds is 6. The predicted molar refractivity (Wildman–Crippen MR) is 98.7 cm³/mol. The van der Waals surface area contributed by atoms with E-state index in [0.717, 1.165) is 5.56 Å². The topological polar surface area (TPSA) is 84.2 Å². The smallest absolute Gasteiger partial charge is 0.243 e. The van der Waals surface area contributed by atoms with E-state index < -0.39 is 0 Å². The number of halogens is 1. The number of nitrogens with zero attached hydrogens (tertiary/aromatic N) is 1. The summed E-state index contributed by atoms with van der Waals surface area (Å²) < 4.78 is 5.24. The van der Waals surface area contributed by atoms with Crippen LogP contribution < -0.4 is 10.6 Å². The van der Waals surface area contributed by atoms with Gasteiger partial charge in [-0.3, -0.25) is 9.59 Å². The number of carbonyl (C=O) groups excluding carboxylic acids is 2. The molecule has 0 atom stereocenters. The molecule has 0 unspecified atom stereocenters. The Bertz CT molecular complexity index is 892. The summed E-state index contributed by atoms with van der Waals surface area (Å²) in [7, 11) is 0. The Morgan fingerprint density at radius 3 is 2.46 bits per heavy atom. The maximum atomic E-state index is 12.0. The van der Waals surface area contributed by atoms with Crippen molar-refractivity contribution in [3.05, 3.63) is 71.4 Å². The van der Waals surface area contributed by atoms with E-state index in [1.807, 2.05) is 18.2 Å². The lowest BCUT2D eigenvalue weighted by Crippen LogP contribution is -2.33. The van der Waals surface area contributed by atoms with Crippen molar-refractivity contribution < 1.29 is 14.1 Å². The summed E-state index contributed by atoms with van der Waals surface area (Å²) in [5.74, 6) is -0.0676. The maximum absolute atomic E-state index is 12.0. The average Bonchev–Trinajstić information content (AvgIpc) is 3.10. The van der Waals surface area contributed by atoms with Gasteiger partial charge in [-0.2, -0.15) is 0 Å². The van der Waals surface area contributed by atoms with Gasteiger partial charge in [0.15, 0.2) is 5.76 Å². The molecule has 0 aliphatic rings. The number of nitrogens with one attached hydrogen (secondary N) is 2. The highest BCUT2D eigenvalue weighted by atomic mass is 35.5. The third-order valence-electron chi connectivity index (χ3n) is 3.53. The molecular formula is C19H16ClN3O3. The molecule has 1 heterocycles. The van der Waals surface area contributed by atoms with E-state index >= 15 is 0 Å². The molecule has 0 aliphatic carbocycles. The highest BCUT2D eigenvalue weighted by molar-refractivity contribution is 6.30. The number of hydrogen-bond acceptors (Lipinski definition) is 4. The van der Waals surface area contributed by atoms with Crippen LogP contribution in [0.2, 0.25) is 5.02 Å². The van der Waals surface area contributed by atoms with Gasteiger partial charge in [-0.25, -0.2) is 0 Å². The minimum absolute atomic E-state index is 0.0235. The second-order valence-corrected chi connectivity index (χ2v) is 5.99. The summed E-state index contributed by atoms with van der Waals surface area (Å²) in [6.45, 7) is -0.115. The summed E-state index contributed by atoms with van der Waals surface area (Å²) in [5.41, 5.74) is 1.97. The largest absolute Gasteiger partial charge is 0.356 e. The maximum Gasteiger partial charge on any atom is 0.243 e. The minimum atomic E-state index is -0.316. The Kier molecular flexibility index (Phi) is 5.66. The molecule has 0 saturated heterocycles. The molecule has 0 spiro atoms. The zero-order valence-corrected chi connectivity index (χ0v) is 14.5. The number of hydrogen-bond donors (Lipinski definition) is 2. The van der Waals surface area contributed by atoms with Gasteiger partial charge in [0.25, 0.3) is 0 Å². The molecule has 132 valence electrons. The number of amides is 2. The summed E-state index contributed by atoms with van der Waals surface area (Å²) in [5, 5.41) is 9.76. The predicted octanol–water partition coefficient (Wildman–Crippen LogP) is 3.29. The van der Waals surface area contributed by atoms with Crippen LogP contribution >= 0.6 is 11.6 Å². The fourth-order valence-corrected chi connectivity index (χ4v) is 2.40. The quantitative estimate of drug-likeness (QED) is 0.698. The van der Waals surface area contributed by atoms with Gasteiger partial charge < -0.3 is 15.2 Å². The first-order chi connectivity index (χ1) is 12.6. The summed E-state index contributed by atoms with van der Waals surface area (Å²) in [4.78, 5) is 23.8. The van der Waals surface area contributed by atoms with Crippen LogP contribution in [0.5, 0.6) is 0 Å². The van der Waals surface area contributed by atoms with Crippen LogP contribution in [0, 0.1) is 0 Å². The van der Waals surface area contributed by atoms with Crippen LogP contribution in [-0.2, 0) is 16.0 Å². The summed E-state index contributed by atoms with van der Waals surface area (Å²) in [6, 6.07) is 17.8. The van der Waals surface area contributed by atoms with E-state index in [1.54, 1.807) is 42.5 Å². The van der Waals surface area contributed by atoms with Crippen molar-refractivity contribution in [2.24, 2.45) is 0 Å². The lowest BCUT2D eigenvalue weighted by molar-refractivity contribution is -0.123. The van der Waals surface area contributed by atoms with Crippen LogP contribution in [0.15, 0.2) is 65.2 Å². The van der Waals surface area contributed by atoms with E-state index in [-0.39, 0.29) is 24.8 Å². The van der Waals surface area contributed by atoms with Crippen molar-refractivity contribution in [2.45, 2.75) is 6.42 Å². The number of para-hydroxylation sites is 1. The zero-order chi connectivity index (χ0) is 18.4.